The van der Waals surface area contributed by atoms with Gasteiger partial charge in [0.1, 0.15) is 5.75 Å². The van der Waals surface area contributed by atoms with E-state index in [2.05, 4.69) is 5.32 Å². The van der Waals surface area contributed by atoms with E-state index < -0.39 is 0 Å². The highest BCUT2D eigenvalue weighted by Crippen LogP contribution is 2.24. The molecule has 0 spiro atoms. The summed E-state index contributed by atoms with van der Waals surface area (Å²) in [7, 11) is 0. The summed E-state index contributed by atoms with van der Waals surface area (Å²) >= 11 is 11.7. The second-order valence-corrected chi connectivity index (χ2v) is 4.90. The van der Waals surface area contributed by atoms with Gasteiger partial charge >= 0.3 is 0 Å². The lowest BCUT2D eigenvalue weighted by Crippen LogP contribution is -2.20. The summed E-state index contributed by atoms with van der Waals surface area (Å²) in [5.74, 6) is 0.109. The van der Waals surface area contributed by atoms with Crippen LogP contribution < -0.4 is 15.8 Å². The molecule has 0 bridgehead atoms. The van der Waals surface area contributed by atoms with E-state index in [-0.39, 0.29) is 12.5 Å². The SMILES string of the molecule is Nc1ccccc1NC(=O)COc1cc(Cl)cc(Cl)c1. The fraction of sp³-hybridized carbons (Fsp3) is 0.0714. The van der Waals surface area contributed by atoms with Crippen molar-refractivity contribution in [1.82, 2.24) is 0 Å². The van der Waals surface area contributed by atoms with Crippen LogP contribution in [0, 0.1) is 0 Å². The van der Waals surface area contributed by atoms with E-state index in [1.165, 1.54) is 0 Å². The Hall–Kier alpha value is -1.91. The number of rotatable bonds is 4. The van der Waals surface area contributed by atoms with Crippen LogP contribution in [-0.4, -0.2) is 12.5 Å². The minimum absolute atomic E-state index is 0.162. The molecule has 0 heterocycles. The molecule has 0 radical (unpaired) electrons. The number of carbonyl (C=O) groups is 1. The summed E-state index contributed by atoms with van der Waals surface area (Å²) in [5, 5.41) is 3.54. The molecule has 1 amide bonds. The molecule has 0 unspecified atom stereocenters. The van der Waals surface area contributed by atoms with Crippen molar-refractivity contribution in [3.05, 3.63) is 52.5 Å². The number of hydrogen-bond acceptors (Lipinski definition) is 3. The third kappa shape index (κ3) is 4.05. The molecule has 2 aromatic carbocycles. The molecular weight excluding hydrogens is 299 g/mol. The third-order valence-electron chi connectivity index (χ3n) is 2.44. The minimum atomic E-state index is -0.320. The maximum Gasteiger partial charge on any atom is 0.262 e. The van der Waals surface area contributed by atoms with Crippen LogP contribution in [0.15, 0.2) is 42.5 Å². The molecule has 0 saturated heterocycles. The van der Waals surface area contributed by atoms with Crippen molar-refractivity contribution in [1.29, 1.82) is 0 Å². The van der Waals surface area contributed by atoms with E-state index >= 15 is 0 Å². The van der Waals surface area contributed by atoms with E-state index in [9.17, 15) is 4.79 Å². The van der Waals surface area contributed by atoms with Gasteiger partial charge in [0.15, 0.2) is 6.61 Å². The topological polar surface area (TPSA) is 64.3 Å². The van der Waals surface area contributed by atoms with Gasteiger partial charge in [-0.2, -0.15) is 0 Å². The summed E-state index contributed by atoms with van der Waals surface area (Å²) in [6.07, 6.45) is 0. The van der Waals surface area contributed by atoms with Crippen LogP contribution >= 0.6 is 23.2 Å². The number of anilines is 2. The number of hydrogen-bond donors (Lipinski definition) is 2. The molecular formula is C14H12Cl2N2O2. The fourth-order valence-corrected chi connectivity index (χ4v) is 2.06. The van der Waals surface area contributed by atoms with E-state index in [4.69, 9.17) is 33.7 Å². The highest BCUT2D eigenvalue weighted by molar-refractivity contribution is 6.34. The van der Waals surface area contributed by atoms with Crippen LogP contribution in [0.4, 0.5) is 11.4 Å². The predicted molar refractivity (Wildman–Crippen MR) is 81.4 cm³/mol. The van der Waals surface area contributed by atoms with Gasteiger partial charge in [0.05, 0.1) is 11.4 Å². The van der Waals surface area contributed by atoms with Gasteiger partial charge in [-0.3, -0.25) is 4.79 Å². The zero-order valence-electron chi connectivity index (χ0n) is 10.4. The van der Waals surface area contributed by atoms with Crippen molar-refractivity contribution in [3.8, 4) is 5.75 Å². The Kier molecular flexibility index (Phi) is 4.71. The van der Waals surface area contributed by atoms with Gasteiger partial charge in [-0.15, -0.1) is 0 Å². The lowest BCUT2D eigenvalue weighted by Gasteiger charge is -2.09. The van der Waals surface area contributed by atoms with Crippen LogP contribution in [0.5, 0.6) is 5.75 Å². The maximum absolute atomic E-state index is 11.8. The van der Waals surface area contributed by atoms with Crippen LogP contribution in [-0.2, 0) is 4.79 Å². The first kappa shape index (κ1) is 14.5. The number of halogens is 2. The molecule has 0 aliphatic heterocycles. The summed E-state index contributed by atoms with van der Waals surface area (Å²) in [6, 6.07) is 11.7. The molecule has 0 fully saturated rings. The lowest BCUT2D eigenvalue weighted by atomic mass is 10.3. The molecule has 0 aliphatic carbocycles. The predicted octanol–water partition coefficient (Wildman–Crippen LogP) is 3.59. The minimum Gasteiger partial charge on any atom is -0.484 e. The largest absolute Gasteiger partial charge is 0.484 e. The van der Waals surface area contributed by atoms with Gasteiger partial charge in [-0.25, -0.2) is 0 Å². The molecule has 0 atom stereocenters. The Labute approximate surface area is 126 Å². The molecule has 2 rings (SSSR count). The summed E-state index contributed by atoms with van der Waals surface area (Å²) in [5.41, 5.74) is 6.76. The normalized spacial score (nSPS) is 10.1. The smallest absolute Gasteiger partial charge is 0.262 e. The Balaban J connectivity index is 1.94. The number of nitrogen functional groups attached to an aromatic ring is 1. The van der Waals surface area contributed by atoms with E-state index in [1.54, 1.807) is 42.5 Å². The van der Waals surface area contributed by atoms with Crippen LogP contribution in [0.1, 0.15) is 0 Å². The standard InChI is InChI=1S/C14H12Cl2N2O2/c15-9-5-10(16)7-11(6-9)20-8-14(19)18-13-4-2-1-3-12(13)17/h1-7H,8,17H2,(H,18,19). The van der Waals surface area contributed by atoms with Crippen molar-refractivity contribution in [3.63, 3.8) is 0 Å². The van der Waals surface area contributed by atoms with E-state index in [1.807, 2.05) is 0 Å². The van der Waals surface area contributed by atoms with Crippen molar-refractivity contribution in [2.75, 3.05) is 17.7 Å². The van der Waals surface area contributed by atoms with Gasteiger partial charge in [-0.1, -0.05) is 35.3 Å². The van der Waals surface area contributed by atoms with E-state index in [0.29, 0.717) is 27.2 Å². The van der Waals surface area contributed by atoms with E-state index in [0.717, 1.165) is 0 Å². The van der Waals surface area contributed by atoms with Gasteiger partial charge < -0.3 is 15.8 Å². The second-order valence-electron chi connectivity index (χ2n) is 4.03. The van der Waals surface area contributed by atoms with Crippen molar-refractivity contribution in [2.24, 2.45) is 0 Å². The molecule has 4 nitrogen and oxygen atoms in total. The lowest BCUT2D eigenvalue weighted by molar-refractivity contribution is -0.118. The summed E-state index contributed by atoms with van der Waals surface area (Å²) < 4.78 is 5.32. The van der Waals surface area contributed by atoms with Gasteiger partial charge in [0, 0.05) is 10.0 Å². The molecule has 0 aromatic heterocycles. The maximum atomic E-state index is 11.8. The zero-order chi connectivity index (χ0) is 14.5. The van der Waals surface area contributed by atoms with Crippen LogP contribution in [0.2, 0.25) is 10.0 Å². The fourth-order valence-electron chi connectivity index (χ4n) is 1.56. The number of carbonyl (C=O) groups excluding carboxylic acids is 1. The van der Waals surface area contributed by atoms with Crippen molar-refractivity contribution >= 4 is 40.5 Å². The molecule has 6 heteroatoms. The number of amides is 1. The number of ether oxygens (including phenoxy) is 1. The Morgan fingerprint density at radius 1 is 1.15 bits per heavy atom. The Morgan fingerprint density at radius 3 is 2.45 bits per heavy atom. The molecule has 0 saturated carbocycles. The van der Waals surface area contributed by atoms with Crippen molar-refractivity contribution in [2.45, 2.75) is 0 Å². The highest BCUT2D eigenvalue weighted by atomic mass is 35.5. The number of para-hydroxylation sites is 2. The quantitative estimate of drug-likeness (QED) is 0.848. The summed E-state index contributed by atoms with van der Waals surface area (Å²) in [6.45, 7) is -0.162. The Morgan fingerprint density at radius 2 is 1.80 bits per heavy atom. The summed E-state index contributed by atoms with van der Waals surface area (Å²) in [4.78, 5) is 11.8. The molecule has 20 heavy (non-hydrogen) atoms. The number of nitrogens with two attached hydrogens (primary N) is 1. The average molecular weight is 311 g/mol. The van der Waals surface area contributed by atoms with Gasteiger partial charge in [-0.05, 0) is 30.3 Å². The first-order chi connectivity index (χ1) is 9.54. The Bertz CT molecular complexity index is 612. The molecule has 0 aliphatic rings. The second kappa shape index (κ2) is 6.50. The third-order valence-corrected chi connectivity index (χ3v) is 2.88. The monoisotopic (exact) mass is 310 g/mol. The number of nitrogens with one attached hydrogen (secondary N) is 1. The molecule has 3 N–H and O–H groups in total. The first-order valence-electron chi connectivity index (χ1n) is 5.78. The molecule has 2 aromatic rings. The van der Waals surface area contributed by atoms with Gasteiger partial charge in [0.25, 0.3) is 5.91 Å². The first-order valence-corrected chi connectivity index (χ1v) is 6.53. The van der Waals surface area contributed by atoms with Crippen LogP contribution in [0.3, 0.4) is 0 Å². The molecule has 104 valence electrons. The average Bonchev–Trinajstić information content (AvgIpc) is 2.38. The number of benzene rings is 2. The van der Waals surface area contributed by atoms with Crippen molar-refractivity contribution < 1.29 is 9.53 Å². The zero-order valence-corrected chi connectivity index (χ0v) is 11.9. The van der Waals surface area contributed by atoms with Gasteiger partial charge in [0.2, 0.25) is 0 Å². The highest BCUT2D eigenvalue weighted by Gasteiger charge is 2.06. The van der Waals surface area contributed by atoms with Crippen LogP contribution in [0.25, 0.3) is 0 Å².